The van der Waals surface area contributed by atoms with E-state index >= 15 is 0 Å². The predicted molar refractivity (Wildman–Crippen MR) is 91.8 cm³/mol. The number of ether oxygens (including phenoxy) is 1. The molecule has 2 fully saturated rings. The Morgan fingerprint density at radius 1 is 1.38 bits per heavy atom. The molecule has 2 saturated heterocycles. The summed E-state index contributed by atoms with van der Waals surface area (Å²) in [5, 5.41) is 6.54. The Labute approximate surface area is 142 Å². The van der Waals surface area contributed by atoms with Gasteiger partial charge in [0.25, 0.3) is 0 Å². The molecule has 0 bridgehead atoms. The molecule has 2 aliphatic rings. The maximum Gasteiger partial charge on any atom is 0.191 e. The first kappa shape index (κ1) is 17.3. The maximum absolute atomic E-state index is 11.6. The van der Waals surface area contributed by atoms with Crippen molar-refractivity contribution in [2.45, 2.75) is 25.3 Å². The third-order valence-corrected chi connectivity index (χ3v) is 6.12. The van der Waals surface area contributed by atoms with Crippen LogP contribution in [0.15, 0.2) is 27.8 Å². The highest BCUT2D eigenvalue weighted by molar-refractivity contribution is 7.91. The van der Waals surface area contributed by atoms with Crippen LogP contribution in [-0.2, 0) is 21.0 Å². The molecule has 0 amide bonds. The van der Waals surface area contributed by atoms with E-state index in [2.05, 4.69) is 15.6 Å². The van der Waals surface area contributed by atoms with Gasteiger partial charge in [0.15, 0.2) is 15.8 Å². The molecule has 0 aromatic carbocycles. The van der Waals surface area contributed by atoms with Gasteiger partial charge in [0.1, 0.15) is 5.76 Å². The molecular formula is C16H25N3O4S. The van der Waals surface area contributed by atoms with E-state index in [4.69, 9.17) is 9.15 Å². The van der Waals surface area contributed by atoms with Gasteiger partial charge in [-0.3, -0.25) is 4.99 Å². The monoisotopic (exact) mass is 355 g/mol. The molecule has 3 rings (SSSR count). The van der Waals surface area contributed by atoms with Crippen molar-refractivity contribution in [1.29, 1.82) is 0 Å². The highest BCUT2D eigenvalue weighted by atomic mass is 32.2. The Kier molecular flexibility index (Phi) is 5.78. The number of nitrogens with zero attached hydrogens (tertiary/aromatic N) is 1. The average molecular weight is 355 g/mol. The van der Waals surface area contributed by atoms with Gasteiger partial charge in [-0.15, -0.1) is 0 Å². The molecule has 1 aromatic heterocycles. The van der Waals surface area contributed by atoms with E-state index in [1.807, 2.05) is 12.1 Å². The molecular weight excluding hydrogens is 330 g/mol. The lowest BCUT2D eigenvalue weighted by Gasteiger charge is -2.17. The summed E-state index contributed by atoms with van der Waals surface area (Å²) in [7, 11) is -2.91. The SMILES string of the molecule is O=S1(=O)CCC(NC(=NCC2CCOC2)NCCc2ccco2)C1. The lowest BCUT2D eigenvalue weighted by atomic mass is 10.1. The van der Waals surface area contributed by atoms with Gasteiger partial charge in [-0.25, -0.2) is 8.42 Å². The van der Waals surface area contributed by atoms with Crippen molar-refractivity contribution in [3.8, 4) is 0 Å². The van der Waals surface area contributed by atoms with E-state index in [0.29, 0.717) is 31.4 Å². The fourth-order valence-corrected chi connectivity index (χ4v) is 4.63. The Hall–Kier alpha value is -1.54. The molecule has 0 aliphatic carbocycles. The topological polar surface area (TPSA) is 92.9 Å². The Bertz CT molecular complexity index is 636. The number of aliphatic imine (C=N–C) groups is 1. The quantitative estimate of drug-likeness (QED) is 0.573. The van der Waals surface area contributed by atoms with E-state index in [9.17, 15) is 8.42 Å². The largest absolute Gasteiger partial charge is 0.469 e. The van der Waals surface area contributed by atoms with Gasteiger partial charge in [-0.05, 0) is 25.0 Å². The van der Waals surface area contributed by atoms with Crippen molar-refractivity contribution in [2.75, 3.05) is 37.8 Å². The molecule has 134 valence electrons. The van der Waals surface area contributed by atoms with Crippen LogP contribution < -0.4 is 10.6 Å². The number of hydrogen-bond donors (Lipinski definition) is 2. The van der Waals surface area contributed by atoms with Crippen LogP contribution >= 0.6 is 0 Å². The predicted octanol–water partition coefficient (Wildman–Crippen LogP) is 0.581. The Morgan fingerprint density at radius 3 is 2.96 bits per heavy atom. The molecule has 0 radical (unpaired) electrons. The molecule has 0 spiro atoms. The van der Waals surface area contributed by atoms with Crippen LogP contribution in [0.5, 0.6) is 0 Å². The smallest absolute Gasteiger partial charge is 0.191 e. The lowest BCUT2D eigenvalue weighted by Crippen LogP contribution is -2.45. The van der Waals surface area contributed by atoms with E-state index < -0.39 is 9.84 Å². The van der Waals surface area contributed by atoms with Gasteiger partial charge in [-0.2, -0.15) is 0 Å². The number of hydrogen-bond acceptors (Lipinski definition) is 5. The summed E-state index contributed by atoms with van der Waals surface area (Å²) in [6, 6.07) is 3.74. The minimum atomic E-state index is -2.91. The van der Waals surface area contributed by atoms with Crippen LogP contribution in [0.3, 0.4) is 0 Å². The van der Waals surface area contributed by atoms with Gasteiger partial charge in [0.2, 0.25) is 0 Å². The highest BCUT2D eigenvalue weighted by Crippen LogP contribution is 2.13. The first-order valence-corrected chi connectivity index (χ1v) is 10.3. The third-order valence-electron chi connectivity index (χ3n) is 4.35. The second-order valence-corrected chi connectivity index (χ2v) is 8.65. The molecule has 2 atom stereocenters. The minimum absolute atomic E-state index is 0.0651. The number of guanidine groups is 1. The van der Waals surface area contributed by atoms with Crippen LogP contribution in [0, 0.1) is 5.92 Å². The first-order chi connectivity index (χ1) is 11.6. The second-order valence-electron chi connectivity index (χ2n) is 6.42. The zero-order chi connectivity index (χ0) is 16.8. The molecule has 7 nitrogen and oxygen atoms in total. The van der Waals surface area contributed by atoms with Gasteiger partial charge in [-0.1, -0.05) is 0 Å². The van der Waals surface area contributed by atoms with Crippen molar-refractivity contribution in [3.05, 3.63) is 24.2 Å². The fourth-order valence-electron chi connectivity index (χ4n) is 2.96. The normalized spacial score (nSPS) is 26.6. The molecule has 2 N–H and O–H groups in total. The van der Waals surface area contributed by atoms with Crippen LogP contribution in [0.4, 0.5) is 0 Å². The number of nitrogens with one attached hydrogen (secondary N) is 2. The van der Waals surface area contributed by atoms with E-state index in [-0.39, 0.29) is 17.5 Å². The zero-order valence-corrected chi connectivity index (χ0v) is 14.6. The van der Waals surface area contributed by atoms with Crippen molar-refractivity contribution in [1.82, 2.24) is 10.6 Å². The summed E-state index contributed by atoms with van der Waals surface area (Å²) in [6.45, 7) is 2.92. The van der Waals surface area contributed by atoms with Gasteiger partial charge in [0.05, 0.1) is 24.4 Å². The average Bonchev–Trinajstić information content (AvgIpc) is 3.27. The fraction of sp³-hybridized carbons (Fsp3) is 0.688. The summed E-state index contributed by atoms with van der Waals surface area (Å²) < 4.78 is 34.0. The van der Waals surface area contributed by atoms with Crippen molar-refractivity contribution < 1.29 is 17.6 Å². The minimum Gasteiger partial charge on any atom is -0.469 e. The molecule has 24 heavy (non-hydrogen) atoms. The summed E-state index contributed by atoms with van der Waals surface area (Å²) in [6.07, 6.45) is 4.07. The van der Waals surface area contributed by atoms with E-state index in [0.717, 1.165) is 31.8 Å². The number of rotatable bonds is 6. The summed E-state index contributed by atoms with van der Waals surface area (Å²) in [5.41, 5.74) is 0. The summed E-state index contributed by atoms with van der Waals surface area (Å²) in [5.74, 6) is 2.46. The molecule has 3 heterocycles. The second kappa shape index (κ2) is 8.02. The van der Waals surface area contributed by atoms with E-state index in [1.54, 1.807) is 6.26 Å². The Morgan fingerprint density at radius 2 is 2.29 bits per heavy atom. The van der Waals surface area contributed by atoms with Crippen LogP contribution in [-0.4, -0.2) is 58.2 Å². The Balaban J connectivity index is 1.53. The summed E-state index contributed by atoms with van der Waals surface area (Å²) >= 11 is 0. The van der Waals surface area contributed by atoms with Gasteiger partial charge in [0, 0.05) is 38.1 Å². The maximum atomic E-state index is 11.6. The number of furan rings is 1. The molecule has 8 heteroatoms. The standard InChI is InChI=1S/C16H25N3O4S/c20-24(21)9-5-14(12-24)19-16(18-10-13-4-8-22-11-13)17-6-3-15-2-1-7-23-15/h1-2,7,13-14H,3-6,8-12H2,(H2,17,18,19). The van der Waals surface area contributed by atoms with Crippen LogP contribution in [0.1, 0.15) is 18.6 Å². The highest BCUT2D eigenvalue weighted by Gasteiger charge is 2.28. The van der Waals surface area contributed by atoms with Crippen LogP contribution in [0.25, 0.3) is 0 Å². The molecule has 0 saturated carbocycles. The van der Waals surface area contributed by atoms with Crippen molar-refractivity contribution >= 4 is 15.8 Å². The zero-order valence-electron chi connectivity index (χ0n) is 13.7. The summed E-state index contributed by atoms with van der Waals surface area (Å²) in [4.78, 5) is 4.62. The number of sulfone groups is 1. The third kappa shape index (κ3) is 5.24. The lowest BCUT2D eigenvalue weighted by molar-refractivity contribution is 0.187. The first-order valence-electron chi connectivity index (χ1n) is 8.46. The van der Waals surface area contributed by atoms with Gasteiger partial charge < -0.3 is 19.8 Å². The van der Waals surface area contributed by atoms with Crippen LogP contribution in [0.2, 0.25) is 0 Å². The van der Waals surface area contributed by atoms with Crippen molar-refractivity contribution in [2.24, 2.45) is 10.9 Å². The van der Waals surface area contributed by atoms with Gasteiger partial charge >= 0.3 is 0 Å². The molecule has 1 aromatic rings. The van der Waals surface area contributed by atoms with E-state index in [1.165, 1.54) is 0 Å². The molecule has 2 aliphatic heterocycles. The van der Waals surface area contributed by atoms with Crippen molar-refractivity contribution in [3.63, 3.8) is 0 Å². The molecule has 2 unspecified atom stereocenters.